The standard InChI is InChI=1S/C33H47N3O3S2/c1-7-9-11-29(40-21-27-15-23(3)13-24(4)16-27)19-38-32-34-31(37)35-33(36-32)39-20-30(12-10-8-2)41-22-28-17-25(5)14-26(6)18-28/h13-18,29-30H,7-12,19-22H2,1-6H3,(H,34,35,36,37). The van der Waals surface area contributed by atoms with Crippen molar-refractivity contribution in [3.63, 3.8) is 0 Å². The number of hydrogen-bond acceptors (Lipinski definition) is 7. The van der Waals surface area contributed by atoms with E-state index < -0.39 is 5.69 Å². The fraction of sp³-hybridized carbons (Fsp3) is 0.545. The fourth-order valence-corrected chi connectivity index (χ4v) is 7.03. The summed E-state index contributed by atoms with van der Waals surface area (Å²) < 4.78 is 12.0. The van der Waals surface area contributed by atoms with Gasteiger partial charge in [0.15, 0.2) is 0 Å². The van der Waals surface area contributed by atoms with Gasteiger partial charge in [-0.3, -0.25) is 4.98 Å². The van der Waals surface area contributed by atoms with E-state index in [4.69, 9.17) is 9.47 Å². The Bertz CT molecular complexity index is 1150. The zero-order chi connectivity index (χ0) is 29.6. The topological polar surface area (TPSA) is 77.1 Å². The van der Waals surface area contributed by atoms with Gasteiger partial charge in [-0.25, -0.2) is 4.79 Å². The average Bonchev–Trinajstić information content (AvgIpc) is 2.91. The van der Waals surface area contributed by atoms with E-state index >= 15 is 0 Å². The quantitative estimate of drug-likeness (QED) is 0.159. The van der Waals surface area contributed by atoms with Crippen LogP contribution in [0.1, 0.15) is 85.8 Å². The van der Waals surface area contributed by atoms with Crippen molar-refractivity contribution in [2.24, 2.45) is 0 Å². The van der Waals surface area contributed by atoms with Crippen LogP contribution in [0.5, 0.6) is 12.0 Å². The van der Waals surface area contributed by atoms with Gasteiger partial charge in [0.25, 0.3) is 0 Å². The molecule has 0 saturated heterocycles. The van der Waals surface area contributed by atoms with Crippen LogP contribution in [0, 0.1) is 27.7 Å². The summed E-state index contributed by atoms with van der Waals surface area (Å²) in [6.07, 6.45) is 6.58. The summed E-state index contributed by atoms with van der Waals surface area (Å²) >= 11 is 3.78. The number of unbranched alkanes of at least 4 members (excludes halogenated alkanes) is 2. The van der Waals surface area contributed by atoms with Gasteiger partial charge in [0.05, 0.1) is 0 Å². The highest BCUT2D eigenvalue weighted by atomic mass is 32.2. The highest BCUT2D eigenvalue weighted by Crippen LogP contribution is 2.26. The first-order valence-corrected chi connectivity index (χ1v) is 16.9. The second-order valence-electron chi connectivity index (χ2n) is 11.0. The molecule has 41 heavy (non-hydrogen) atoms. The van der Waals surface area contributed by atoms with Crippen LogP contribution < -0.4 is 15.2 Å². The molecule has 0 aliphatic rings. The van der Waals surface area contributed by atoms with Gasteiger partial charge in [-0.05, 0) is 51.7 Å². The maximum Gasteiger partial charge on any atom is 0.353 e. The van der Waals surface area contributed by atoms with E-state index in [1.165, 1.54) is 33.4 Å². The number of benzene rings is 2. The molecule has 0 saturated carbocycles. The highest BCUT2D eigenvalue weighted by molar-refractivity contribution is 7.99. The first-order valence-electron chi connectivity index (χ1n) is 14.9. The van der Waals surface area contributed by atoms with Gasteiger partial charge in [-0.1, -0.05) is 98.2 Å². The monoisotopic (exact) mass is 597 g/mol. The summed E-state index contributed by atoms with van der Waals surface area (Å²) in [7, 11) is 0. The maximum atomic E-state index is 12.3. The Morgan fingerprint density at radius 1 is 0.707 bits per heavy atom. The molecule has 2 aromatic carbocycles. The molecule has 2 atom stereocenters. The van der Waals surface area contributed by atoms with Gasteiger partial charge < -0.3 is 9.47 Å². The van der Waals surface area contributed by atoms with Crippen molar-refractivity contribution in [1.29, 1.82) is 0 Å². The lowest BCUT2D eigenvalue weighted by Crippen LogP contribution is -2.22. The zero-order valence-corrected chi connectivity index (χ0v) is 27.3. The lowest BCUT2D eigenvalue weighted by Gasteiger charge is -2.18. The first kappa shape index (κ1) is 33.1. The van der Waals surface area contributed by atoms with E-state index in [-0.39, 0.29) is 17.3 Å². The van der Waals surface area contributed by atoms with Gasteiger partial charge in [0.1, 0.15) is 13.2 Å². The molecule has 0 fully saturated rings. The molecule has 0 aliphatic carbocycles. The molecule has 0 aliphatic heterocycles. The smallest absolute Gasteiger partial charge is 0.353 e. The maximum absolute atomic E-state index is 12.3. The third-order valence-corrected chi connectivity index (χ3v) is 9.39. The van der Waals surface area contributed by atoms with E-state index in [0.717, 1.165) is 50.0 Å². The minimum atomic E-state index is -0.508. The second kappa shape index (κ2) is 17.5. The van der Waals surface area contributed by atoms with Gasteiger partial charge in [-0.15, -0.1) is 9.97 Å². The SMILES string of the molecule is CCCCC(COc1nc(OCC(CCCC)SCc2cc(C)cc(C)c2)[nH]c(=O)n1)SCc1cc(C)cc(C)c1. The minimum Gasteiger partial charge on any atom is -0.463 e. The van der Waals surface area contributed by atoms with Crippen LogP contribution in [0.15, 0.2) is 41.2 Å². The Balaban J connectivity index is 1.58. The van der Waals surface area contributed by atoms with Gasteiger partial charge >= 0.3 is 17.7 Å². The number of aromatic nitrogens is 3. The molecule has 6 nitrogen and oxygen atoms in total. The highest BCUT2D eigenvalue weighted by Gasteiger charge is 2.15. The van der Waals surface area contributed by atoms with Gasteiger partial charge in [0.2, 0.25) is 0 Å². The molecule has 1 aromatic heterocycles. The number of rotatable bonds is 18. The van der Waals surface area contributed by atoms with Gasteiger partial charge in [0, 0.05) is 22.0 Å². The Morgan fingerprint density at radius 2 is 1.17 bits per heavy atom. The molecule has 224 valence electrons. The fourth-order valence-electron chi connectivity index (χ4n) is 4.84. The Labute approximate surface area is 254 Å². The largest absolute Gasteiger partial charge is 0.463 e. The zero-order valence-electron chi connectivity index (χ0n) is 25.6. The van der Waals surface area contributed by atoms with Crippen LogP contribution in [0.4, 0.5) is 0 Å². The van der Waals surface area contributed by atoms with Crippen LogP contribution in [-0.2, 0) is 11.5 Å². The summed E-state index contributed by atoms with van der Waals surface area (Å²) in [6, 6.07) is 13.6. The van der Waals surface area contributed by atoms with Crippen molar-refractivity contribution in [3.8, 4) is 12.0 Å². The molecule has 1 N–H and O–H groups in total. The molecule has 3 aromatic rings. The molecule has 1 heterocycles. The Hall–Kier alpha value is -2.45. The van der Waals surface area contributed by atoms with Crippen molar-refractivity contribution < 1.29 is 9.47 Å². The van der Waals surface area contributed by atoms with Gasteiger partial charge in [-0.2, -0.15) is 23.5 Å². The summed E-state index contributed by atoms with van der Waals surface area (Å²) in [6.45, 7) is 13.9. The van der Waals surface area contributed by atoms with Crippen molar-refractivity contribution in [2.45, 2.75) is 102 Å². The minimum absolute atomic E-state index is 0.0743. The first-order chi connectivity index (χ1) is 19.7. The Morgan fingerprint density at radius 3 is 1.63 bits per heavy atom. The predicted molar refractivity (Wildman–Crippen MR) is 175 cm³/mol. The van der Waals surface area contributed by atoms with Crippen LogP contribution in [-0.4, -0.2) is 38.7 Å². The lowest BCUT2D eigenvalue weighted by molar-refractivity contribution is 0.255. The van der Waals surface area contributed by atoms with Crippen LogP contribution in [0.2, 0.25) is 0 Å². The van der Waals surface area contributed by atoms with Crippen molar-refractivity contribution in [1.82, 2.24) is 15.0 Å². The molecule has 2 unspecified atom stereocenters. The van der Waals surface area contributed by atoms with Crippen molar-refractivity contribution in [2.75, 3.05) is 13.2 Å². The molecular formula is C33H47N3O3S2. The molecule has 3 rings (SSSR count). The van der Waals surface area contributed by atoms with E-state index in [1.54, 1.807) is 0 Å². The number of hydrogen-bond donors (Lipinski definition) is 1. The number of H-pyrrole nitrogens is 1. The number of nitrogens with one attached hydrogen (secondary N) is 1. The lowest BCUT2D eigenvalue weighted by atomic mass is 10.1. The third kappa shape index (κ3) is 12.5. The van der Waals surface area contributed by atoms with E-state index in [9.17, 15) is 4.79 Å². The average molecular weight is 598 g/mol. The van der Waals surface area contributed by atoms with E-state index in [0.29, 0.717) is 18.5 Å². The van der Waals surface area contributed by atoms with Crippen LogP contribution in [0.3, 0.4) is 0 Å². The van der Waals surface area contributed by atoms with Crippen molar-refractivity contribution >= 4 is 23.5 Å². The normalized spacial score (nSPS) is 12.7. The van der Waals surface area contributed by atoms with Crippen molar-refractivity contribution in [3.05, 3.63) is 80.3 Å². The molecule has 0 radical (unpaired) electrons. The van der Waals surface area contributed by atoms with E-state index in [2.05, 4.69) is 92.9 Å². The molecule has 8 heteroatoms. The number of ether oxygens (including phenoxy) is 2. The second-order valence-corrected chi connectivity index (χ2v) is 13.6. The molecule has 0 spiro atoms. The van der Waals surface area contributed by atoms with Crippen LogP contribution in [0.25, 0.3) is 0 Å². The Kier molecular flexibility index (Phi) is 14.1. The number of nitrogens with zero attached hydrogens (tertiary/aromatic N) is 2. The van der Waals surface area contributed by atoms with Crippen LogP contribution >= 0.6 is 23.5 Å². The molecule has 0 amide bonds. The molecular weight excluding hydrogens is 551 g/mol. The number of thioether (sulfide) groups is 2. The summed E-state index contributed by atoms with van der Waals surface area (Å²) in [5, 5.41) is 0.571. The summed E-state index contributed by atoms with van der Waals surface area (Å²) in [5.74, 6) is 1.84. The third-order valence-electron chi connectivity index (χ3n) is 6.71. The number of aryl methyl sites for hydroxylation is 4. The summed E-state index contributed by atoms with van der Waals surface area (Å²) in [4.78, 5) is 23.3. The molecule has 0 bridgehead atoms. The van der Waals surface area contributed by atoms with E-state index in [1.807, 2.05) is 23.5 Å². The number of aromatic amines is 1. The summed E-state index contributed by atoms with van der Waals surface area (Å²) in [5.41, 5.74) is 7.28. The predicted octanol–water partition coefficient (Wildman–Crippen LogP) is 8.14.